The third-order valence-electron chi connectivity index (χ3n) is 11.5. The molecular weight excluding hydrogens is 829 g/mol. The smallest absolute Gasteiger partial charge is 0.213 e. The SMILES string of the molecule is CCC(C)c1cccc(C)c1N(c1cc(C)c(N=Nc2c(C#N)c(C(C)(C)C)nn2-c2nc3ccccc3s2)c(Nc2c(C)cccc2-c2ccccc2)n1)c1nc2ccccc2s1. The maximum Gasteiger partial charge on any atom is 0.213 e. The average Bonchev–Trinajstić information content (AvgIpc) is 4.03. The summed E-state index contributed by atoms with van der Waals surface area (Å²) in [4.78, 5) is 17.9. The zero-order valence-corrected chi connectivity index (χ0v) is 38.8. The molecule has 318 valence electrons. The molecule has 0 aliphatic rings. The summed E-state index contributed by atoms with van der Waals surface area (Å²) < 4.78 is 3.75. The first-order valence-corrected chi connectivity index (χ1v) is 23.1. The van der Waals surface area contributed by atoms with E-state index in [0.717, 1.165) is 71.2 Å². The minimum absolute atomic E-state index is 0.270. The van der Waals surface area contributed by atoms with Gasteiger partial charge < -0.3 is 5.32 Å². The molecule has 0 spiro atoms. The van der Waals surface area contributed by atoms with E-state index < -0.39 is 5.41 Å². The van der Waals surface area contributed by atoms with Crippen molar-refractivity contribution >= 4 is 82.8 Å². The molecule has 0 amide bonds. The van der Waals surface area contributed by atoms with Gasteiger partial charge in [0.2, 0.25) is 5.13 Å². The number of benzene rings is 5. The van der Waals surface area contributed by atoms with Crippen LogP contribution in [0.3, 0.4) is 0 Å². The van der Waals surface area contributed by atoms with Gasteiger partial charge in [-0.3, -0.25) is 4.90 Å². The van der Waals surface area contributed by atoms with Crippen LogP contribution in [0.25, 0.3) is 36.7 Å². The van der Waals surface area contributed by atoms with Crippen molar-refractivity contribution in [2.45, 2.75) is 73.1 Å². The second-order valence-electron chi connectivity index (χ2n) is 17.1. The fourth-order valence-corrected chi connectivity index (χ4v) is 9.87. The number of nitrogens with zero attached hydrogens (tertiary/aromatic N) is 9. The third-order valence-corrected chi connectivity index (χ3v) is 13.5. The fourth-order valence-electron chi connectivity index (χ4n) is 7.97. The van der Waals surface area contributed by atoms with Crippen LogP contribution in [0.5, 0.6) is 0 Å². The fraction of sp³-hybridized carbons (Fsp3) is 0.212. The third kappa shape index (κ3) is 7.93. The van der Waals surface area contributed by atoms with Gasteiger partial charge in [-0.1, -0.05) is 148 Å². The summed E-state index contributed by atoms with van der Waals surface area (Å²) in [5.41, 5.74) is 11.0. The molecule has 0 aliphatic carbocycles. The van der Waals surface area contributed by atoms with Crippen LogP contribution in [0.2, 0.25) is 0 Å². The van der Waals surface area contributed by atoms with Gasteiger partial charge in [-0.2, -0.15) is 15.0 Å². The first kappa shape index (κ1) is 42.2. The van der Waals surface area contributed by atoms with Crippen molar-refractivity contribution in [1.82, 2.24) is 24.7 Å². The standard InChI is InChI=1S/C52H48N10S2/c1-9-31(2)36-23-18-20-33(4)46(36)61(50-54-39-25-13-15-27-41(39)63-50)43-29-34(5)45(48(56-43)57-44-32(3)19-17-24-37(44)35-21-11-10-12-22-35)58-59-49-38(30-53)47(52(6,7)8)60-62(49)51-55-40-26-14-16-28-42(40)64-51/h10-29,31H,9H2,1-8H3,(H,56,57). The van der Waals surface area contributed by atoms with Crippen molar-refractivity contribution in [3.8, 4) is 22.3 Å². The van der Waals surface area contributed by atoms with Gasteiger partial charge in [-0.05, 0) is 91.3 Å². The van der Waals surface area contributed by atoms with E-state index in [1.807, 2.05) is 76.2 Å². The Morgan fingerprint density at radius 1 is 0.766 bits per heavy atom. The van der Waals surface area contributed by atoms with E-state index in [-0.39, 0.29) is 5.92 Å². The number of hydrogen-bond acceptors (Lipinski definition) is 11. The summed E-state index contributed by atoms with van der Waals surface area (Å²) in [5, 5.41) is 30.9. The molecule has 1 atom stereocenters. The van der Waals surface area contributed by atoms with Crippen molar-refractivity contribution in [1.29, 1.82) is 5.26 Å². The molecule has 0 saturated carbocycles. The van der Waals surface area contributed by atoms with Crippen LogP contribution in [-0.4, -0.2) is 24.7 Å². The van der Waals surface area contributed by atoms with Crippen LogP contribution in [0.1, 0.15) is 80.5 Å². The molecular formula is C52H48N10S2. The first-order chi connectivity index (χ1) is 30.9. The predicted octanol–water partition coefficient (Wildman–Crippen LogP) is 15.4. The molecule has 4 heterocycles. The van der Waals surface area contributed by atoms with Crippen molar-refractivity contribution < 1.29 is 0 Å². The van der Waals surface area contributed by atoms with Gasteiger partial charge >= 0.3 is 0 Å². The first-order valence-electron chi connectivity index (χ1n) is 21.4. The number of hydrogen-bond donors (Lipinski definition) is 1. The molecule has 0 fully saturated rings. The van der Waals surface area contributed by atoms with Gasteiger partial charge in [0.25, 0.3) is 0 Å². The quantitative estimate of drug-likeness (QED) is 0.128. The number of thiazole rings is 2. The number of rotatable bonds is 11. The summed E-state index contributed by atoms with van der Waals surface area (Å²) in [7, 11) is 0. The number of aryl methyl sites for hydroxylation is 3. The van der Waals surface area contributed by atoms with E-state index in [1.54, 1.807) is 16.0 Å². The van der Waals surface area contributed by atoms with Crippen molar-refractivity contribution in [2.24, 2.45) is 10.2 Å². The minimum atomic E-state index is -0.463. The molecule has 64 heavy (non-hydrogen) atoms. The van der Waals surface area contributed by atoms with Crippen molar-refractivity contribution in [3.63, 3.8) is 0 Å². The van der Waals surface area contributed by atoms with E-state index in [2.05, 4.69) is 117 Å². The van der Waals surface area contributed by atoms with Crippen molar-refractivity contribution in [2.75, 3.05) is 10.2 Å². The molecule has 12 heteroatoms. The monoisotopic (exact) mass is 876 g/mol. The second kappa shape index (κ2) is 17.2. The molecule has 0 radical (unpaired) electrons. The summed E-state index contributed by atoms with van der Waals surface area (Å²) in [5.74, 6) is 1.75. The zero-order chi connectivity index (χ0) is 44.7. The van der Waals surface area contributed by atoms with Crippen LogP contribution >= 0.6 is 22.7 Å². The lowest BCUT2D eigenvalue weighted by Gasteiger charge is -2.29. The highest BCUT2D eigenvalue weighted by molar-refractivity contribution is 7.22. The predicted molar refractivity (Wildman–Crippen MR) is 265 cm³/mol. The van der Waals surface area contributed by atoms with E-state index in [1.165, 1.54) is 16.9 Å². The van der Waals surface area contributed by atoms with E-state index in [9.17, 15) is 5.26 Å². The van der Waals surface area contributed by atoms with E-state index >= 15 is 0 Å². The Balaban J connectivity index is 1.29. The molecule has 9 aromatic rings. The maximum absolute atomic E-state index is 10.7. The number of pyridine rings is 1. The van der Waals surface area contributed by atoms with Gasteiger partial charge in [-0.15, -0.1) is 10.2 Å². The number of azo groups is 1. The number of aromatic nitrogens is 5. The van der Waals surface area contributed by atoms with E-state index in [0.29, 0.717) is 39.5 Å². The Hall–Kier alpha value is -7.07. The molecule has 0 aliphatic heterocycles. The molecule has 1 N–H and O–H groups in total. The maximum atomic E-state index is 10.7. The number of nitrogens with one attached hydrogen (secondary N) is 1. The minimum Gasteiger partial charge on any atom is -0.338 e. The molecule has 0 bridgehead atoms. The normalized spacial score (nSPS) is 12.3. The Morgan fingerprint density at radius 3 is 2.12 bits per heavy atom. The highest BCUT2D eigenvalue weighted by Gasteiger charge is 2.30. The highest BCUT2D eigenvalue weighted by Crippen LogP contribution is 2.47. The zero-order valence-electron chi connectivity index (χ0n) is 37.2. The van der Waals surface area contributed by atoms with E-state index in [4.69, 9.17) is 30.3 Å². The van der Waals surface area contributed by atoms with Gasteiger partial charge in [0, 0.05) is 11.0 Å². The Kier molecular flexibility index (Phi) is 11.4. The number of nitriles is 1. The lowest BCUT2D eigenvalue weighted by Crippen LogP contribution is -2.16. The Labute approximate surface area is 381 Å². The summed E-state index contributed by atoms with van der Waals surface area (Å²) in [6.07, 6.45) is 0.966. The molecule has 1 unspecified atom stereocenters. The van der Waals surface area contributed by atoms with Gasteiger partial charge in [-0.25, -0.2) is 15.0 Å². The average molecular weight is 877 g/mol. The lowest BCUT2D eigenvalue weighted by molar-refractivity contribution is 0.559. The van der Waals surface area contributed by atoms with Gasteiger partial charge in [0.05, 0.1) is 37.5 Å². The van der Waals surface area contributed by atoms with Gasteiger partial charge in [0.15, 0.2) is 16.8 Å². The van der Waals surface area contributed by atoms with Gasteiger partial charge in [0.1, 0.15) is 23.1 Å². The number of fused-ring (bicyclic) bond motifs is 2. The molecule has 5 aromatic carbocycles. The summed E-state index contributed by atoms with van der Waals surface area (Å²) in [6.45, 7) is 16.9. The Bertz CT molecular complexity index is 3190. The largest absolute Gasteiger partial charge is 0.338 e. The molecule has 10 nitrogen and oxygen atoms in total. The molecule has 9 rings (SSSR count). The lowest BCUT2D eigenvalue weighted by atomic mass is 9.90. The summed E-state index contributed by atoms with van der Waals surface area (Å²) >= 11 is 3.13. The molecule has 4 aromatic heterocycles. The topological polar surface area (TPSA) is 120 Å². The highest BCUT2D eigenvalue weighted by atomic mass is 32.1. The Morgan fingerprint density at radius 2 is 1.44 bits per heavy atom. The number of para-hydroxylation sites is 4. The number of anilines is 5. The van der Waals surface area contributed by atoms with Crippen molar-refractivity contribution in [3.05, 3.63) is 155 Å². The van der Waals surface area contributed by atoms with Crippen LogP contribution in [0, 0.1) is 32.1 Å². The second-order valence-corrected chi connectivity index (χ2v) is 19.1. The summed E-state index contributed by atoms with van der Waals surface area (Å²) in [6, 6.07) is 43.8. The van der Waals surface area contributed by atoms with Crippen LogP contribution in [0.4, 0.5) is 39.6 Å². The van der Waals surface area contributed by atoms with Crippen LogP contribution < -0.4 is 10.2 Å². The van der Waals surface area contributed by atoms with Crippen LogP contribution in [-0.2, 0) is 5.41 Å². The molecule has 0 saturated heterocycles. The van der Waals surface area contributed by atoms with Crippen LogP contribution in [0.15, 0.2) is 132 Å².